The van der Waals surface area contributed by atoms with Crippen molar-refractivity contribution in [1.82, 2.24) is 19.9 Å². The lowest BCUT2D eigenvalue weighted by Crippen LogP contribution is -2.37. The van der Waals surface area contributed by atoms with Gasteiger partial charge in [0.15, 0.2) is 5.96 Å². The lowest BCUT2D eigenvalue weighted by atomic mass is 9.94. The van der Waals surface area contributed by atoms with Gasteiger partial charge in [-0.1, -0.05) is 39.3 Å². The molecule has 32 heavy (non-hydrogen) atoms. The van der Waals surface area contributed by atoms with Crippen molar-refractivity contribution in [3.63, 3.8) is 0 Å². The fraction of sp³-hybridized carbons (Fsp3) is 0.545. The highest BCUT2D eigenvalue weighted by Crippen LogP contribution is 2.23. The summed E-state index contributed by atoms with van der Waals surface area (Å²) < 4.78 is 33.2. The number of hydrogen-bond acceptors (Lipinski definition) is 5. The van der Waals surface area contributed by atoms with Crippen molar-refractivity contribution in [3.05, 3.63) is 47.7 Å². The zero-order chi connectivity index (χ0) is 22.5. The van der Waals surface area contributed by atoms with Crippen molar-refractivity contribution in [2.75, 3.05) is 20.1 Å². The molecule has 1 saturated heterocycles. The van der Waals surface area contributed by atoms with Crippen LogP contribution in [-0.2, 0) is 28.5 Å². The van der Waals surface area contributed by atoms with Gasteiger partial charge in [0.2, 0.25) is 15.9 Å². The highest BCUT2D eigenvalue weighted by atomic mass is 127. The Bertz CT molecular complexity index is 1010. The zero-order valence-corrected chi connectivity index (χ0v) is 22.4. The fourth-order valence-corrected chi connectivity index (χ4v) is 4.96. The van der Waals surface area contributed by atoms with Gasteiger partial charge in [0.1, 0.15) is 5.76 Å². The van der Waals surface area contributed by atoms with E-state index in [1.165, 1.54) is 0 Å². The maximum atomic E-state index is 12.9. The van der Waals surface area contributed by atoms with E-state index in [2.05, 4.69) is 41.4 Å². The molecule has 8 nitrogen and oxygen atoms in total. The minimum absolute atomic E-state index is 0. The van der Waals surface area contributed by atoms with E-state index in [0.29, 0.717) is 42.9 Å². The van der Waals surface area contributed by atoms with Crippen LogP contribution in [0, 0.1) is 0 Å². The summed E-state index contributed by atoms with van der Waals surface area (Å²) in [7, 11) is -1.76. The molecule has 1 aliphatic heterocycles. The molecule has 1 aliphatic rings. The number of guanidine groups is 1. The van der Waals surface area contributed by atoms with Gasteiger partial charge in [0.05, 0.1) is 17.6 Å². The summed E-state index contributed by atoms with van der Waals surface area (Å²) in [6.45, 7) is 8.26. The number of oxazole rings is 1. The lowest BCUT2D eigenvalue weighted by Gasteiger charge is -2.26. The van der Waals surface area contributed by atoms with Gasteiger partial charge >= 0.3 is 0 Å². The number of aliphatic imine (C=N–C) groups is 1. The maximum Gasteiger partial charge on any atom is 0.243 e. The number of benzene rings is 1. The van der Waals surface area contributed by atoms with Crippen LogP contribution in [0.15, 0.2) is 44.8 Å². The Morgan fingerprint density at radius 1 is 1.16 bits per heavy atom. The van der Waals surface area contributed by atoms with Crippen molar-refractivity contribution in [2.24, 2.45) is 4.99 Å². The Kier molecular flexibility index (Phi) is 9.53. The smallest absolute Gasteiger partial charge is 0.243 e. The minimum atomic E-state index is -3.45. The molecule has 0 atom stereocenters. The van der Waals surface area contributed by atoms with Gasteiger partial charge in [-0.2, -0.15) is 4.31 Å². The van der Waals surface area contributed by atoms with Gasteiger partial charge < -0.3 is 15.1 Å². The summed E-state index contributed by atoms with van der Waals surface area (Å²) in [6.07, 6.45) is 4.68. The van der Waals surface area contributed by atoms with E-state index in [4.69, 9.17) is 4.42 Å². The van der Waals surface area contributed by atoms with E-state index in [0.717, 1.165) is 30.6 Å². The molecule has 10 heteroatoms. The number of aromatic nitrogens is 1. The van der Waals surface area contributed by atoms with Gasteiger partial charge in [0, 0.05) is 32.1 Å². The van der Waals surface area contributed by atoms with Gasteiger partial charge in [0.25, 0.3) is 0 Å². The monoisotopic (exact) mass is 575 g/mol. The van der Waals surface area contributed by atoms with Crippen LogP contribution in [0.2, 0.25) is 0 Å². The predicted molar refractivity (Wildman–Crippen MR) is 137 cm³/mol. The first-order valence-corrected chi connectivity index (χ1v) is 12.1. The molecule has 0 radical (unpaired) electrons. The van der Waals surface area contributed by atoms with Crippen molar-refractivity contribution in [3.8, 4) is 0 Å². The molecule has 0 aliphatic carbocycles. The summed E-state index contributed by atoms with van der Waals surface area (Å²) in [6, 6.07) is 7.08. The summed E-state index contributed by atoms with van der Waals surface area (Å²) in [5.41, 5.74) is 0.775. The Balaban J connectivity index is 0.00000363. The molecule has 2 N–H and O–H groups in total. The van der Waals surface area contributed by atoms with Gasteiger partial charge in [-0.3, -0.25) is 4.99 Å². The second-order valence-electron chi connectivity index (χ2n) is 8.76. The second kappa shape index (κ2) is 11.5. The molecule has 1 aromatic heterocycles. The predicted octanol–water partition coefficient (Wildman–Crippen LogP) is 3.63. The van der Waals surface area contributed by atoms with E-state index in [1.54, 1.807) is 35.7 Å². The van der Waals surface area contributed by atoms with Crippen LogP contribution in [0.25, 0.3) is 0 Å². The molecule has 178 valence electrons. The first kappa shape index (κ1) is 26.6. The fourth-order valence-electron chi connectivity index (χ4n) is 3.37. The van der Waals surface area contributed by atoms with Crippen LogP contribution in [-0.4, -0.2) is 43.8 Å². The number of piperidine rings is 1. The van der Waals surface area contributed by atoms with Crippen molar-refractivity contribution < 1.29 is 12.8 Å². The molecule has 0 spiro atoms. The van der Waals surface area contributed by atoms with Crippen molar-refractivity contribution in [2.45, 2.75) is 63.4 Å². The quantitative estimate of drug-likeness (QED) is 0.310. The number of rotatable bonds is 6. The Morgan fingerprint density at radius 3 is 2.47 bits per heavy atom. The first-order chi connectivity index (χ1) is 14.7. The van der Waals surface area contributed by atoms with Crippen LogP contribution >= 0.6 is 24.0 Å². The van der Waals surface area contributed by atoms with Crippen LogP contribution in [0.4, 0.5) is 0 Å². The zero-order valence-electron chi connectivity index (χ0n) is 19.2. The highest BCUT2D eigenvalue weighted by molar-refractivity contribution is 14.0. The molecular weight excluding hydrogens is 541 g/mol. The molecule has 3 rings (SSSR count). The van der Waals surface area contributed by atoms with E-state index in [9.17, 15) is 8.42 Å². The molecule has 0 unspecified atom stereocenters. The van der Waals surface area contributed by atoms with E-state index < -0.39 is 10.0 Å². The standard InChI is InChI=1S/C22H33N5O3S.HI/c1-22(2,3)19-15-24-20(30-19)16-26-21(23-4)25-14-17-9-8-10-18(13-17)31(28,29)27-11-6-5-7-12-27;/h8-10,13,15H,5-7,11-12,14,16H2,1-4H3,(H2,23,25,26);1H. The van der Waals surface area contributed by atoms with Crippen LogP contribution < -0.4 is 10.6 Å². The molecule has 0 amide bonds. The third-order valence-corrected chi connectivity index (χ3v) is 7.13. The highest BCUT2D eigenvalue weighted by Gasteiger charge is 2.26. The average Bonchev–Trinajstić information content (AvgIpc) is 3.24. The Hall–Kier alpha value is -1.66. The van der Waals surface area contributed by atoms with Gasteiger partial charge in [-0.25, -0.2) is 13.4 Å². The SMILES string of the molecule is CN=C(NCc1cccc(S(=O)(=O)N2CCCCC2)c1)NCc1ncc(C(C)(C)C)o1.I. The lowest BCUT2D eigenvalue weighted by molar-refractivity contribution is 0.346. The summed E-state index contributed by atoms with van der Waals surface area (Å²) in [5.74, 6) is 2.00. The Morgan fingerprint density at radius 2 is 1.84 bits per heavy atom. The Labute approximate surface area is 208 Å². The number of halogens is 1. The molecule has 2 heterocycles. The maximum absolute atomic E-state index is 12.9. The van der Waals surface area contributed by atoms with Crippen LogP contribution in [0.1, 0.15) is 57.2 Å². The number of nitrogens with one attached hydrogen (secondary N) is 2. The molecule has 1 fully saturated rings. The van der Waals surface area contributed by atoms with E-state index in [1.807, 2.05) is 6.07 Å². The van der Waals surface area contributed by atoms with Gasteiger partial charge in [-0.05, 0) is 30.5 Å². The molecular formula is C22H34IN5O3S. The number of sulfonamides is 1. The molecule has 0 bridgehead atoms. The third-order valence-electron chi connectivity index (χ3n) is 5.23. The molecule has 0 saturated carbocycles. The molecule has 1 aromatic carbocycles. The first-order valence-electron chi connectivity index (χ1n) is 10.7. The normalized spacial score (nSPS) is 15.8. The van der Waals surface area contributed by atoms with Crippen LogP contribution in [0.5, 0.6) is 0 Å². The molecule has 2 aromatic rings. The second-order valence-corrected chi connectivity index (χ2v) is 10.7. The number of nitrogens with zero attached hydrogens (tertiary/aromatic N) is 3. The summed E-state index contributed by atoms with van der Waals surface area (Å²) in [4.78, 5) is 8.86. The van der Waals surface area contributed by atoms with Gasteiger partial charge in [-0.15, -0.1) is 24.0 Å². The summed E-state index contributed by atoms with van der Waals surface area (Å²) in [5, 5.41) is 6.39. The van der Waals surface area contributed by atoms with Crippen LogP contribution in [0.3, 0.4) is 0 Å². The minimum Gasteiger partial charge on any atom is -0.443 e. The van der Waals surface area contributed by atoms with E-state index in [-0.39, 0.29) is 29.4 Å². The van der Waals surface area contributed by atoms with E-state index >= 15 is 0 Å². The number of hydrogen-bond donors (Lipinski definition) is 2. The van der Waals surface area contributed by atoms with Crippen molar-refractivity contribution >= 4 is 40.0 Å². The topological polar surface area (TPSA) is 99.8 Å². The largest absolute Gasteiger partial charge is 0.443 e. The van der Waals surface area contributed by atoms with Crippen molar-refractivity contribution in [1.29, 1.82) is 0 Å². The third kappa shape index (κ3) is 6.92. The summed E-state index contributed by atoms with van der Waals surface area (Å²) >= 11 is 0. The average molecular weight is 576 g/mol.